The van der Waals surface area contributed by atoms with E-state index in [2.05, 4.69) is 10.3 Å². The predicted molar refractivity (Wildman–Crippen MR) is 79.5 cm³/mol. The van der Waals surface area contributed by atoms with Crippen molar-refractivity contribution in [3.05, 3.63) is 60.4 Å². The first-order chi connectivity index (χ1) is 10.1. The third kappa shape index (κ3) is 2.49. The number of phenols is 2. The van der Waals surface area contributed by atoms with Crippen molar-refractivity contribution in [2.75, 3.05) is 5.32 Å². The van der Waals surface area contributed by atoms with E-state index < -0.39 is 0 Å². The summed E-state index contributed by atoms with van der Waals surface area (Å²) in [6.07, 6.45) is 3.38. The molecule has 3 N–H and O–H groups in total. The normalized spacial score (nSPS) is 10.5. The Hall–Kier alpha value is -3.08. The average Bonchev–Trinajstić information content (AvgIpc) is 2.50. The Labute approximate surface area is 120 Å². The first-order valence-electron chi connectivity index (χ1n) is 6.31. The van der Waals surface area contributed by atoms with Crippen LogP contribution in [-0.2, 0) is 0 Å². The van der Waals surface area contributed by atoms with Crippen molar-refractivity contribution in [2.45, 2.75) is 0 Å². The largest absolute Gasteiger partial charge is 0.504 e. The van der Waals surface area contributed by atoms with E-state index in [1.165, 1.54) is 18.2 Å². The molecule has 0 aliphatic carbocycles. The van der Waals surface area contributed by atoms with Crippen LogP contribution in [0.2, 0.25) is 0 Å². The highest BCUT2D eigenvalue weighted by Gasteiger charge is 2.10. The molecule has 3 rings (SSSR count). The number of fused-ring (bicyclic) bond motifs is 1. The Morgan fingerprint density at radius 2 is 1.90 bits per heavy atom. The number of amides is 1. The molecule has 0 unspecified atom stereocenters. The van der Waals surface area contributed by atoms with E-state index in [1.807, 2.05) is 18.2 Å². The zero-order chi connectivity index (χ0) is 14.8. The standard InChI is InChI=1S/C16H12N2O3/c19-14-5-4-10(8-15(14)20)16(21)18-13-3-1-2-11-9-17-7-6-12(11)13/h1-9,19-20H,(H,18,21). The van der Waals surface area contributed by atoms with Gasteiger partial charge in [-0.25, -0.2) is 0 Å². The van der Waals surface area contributed by atoms with Crippen molar-refractivity contribution < 1.29 is 15.0 Å². The topological polar surface area (TPSA) is 82.5 Å². The molecule has 1 aromatic heterocycles. The number of aromatic nitrogens is 1. The third-order valence-electron chi connectivity index (χ3n) is 3.17. The molecule has 1 heterocycles. The van der Waals surface area contributed by atoms with Crippen molar-refractivity contribution in [2.24, 2.45) is 0 Å². The van der Waals surface area contributed by atoms with Crippen molar-refractivity contribution >= 4 is 22.4 Å². The molecule has 0 saturated carbocycles. The van der Waals surface area contributed by atoms with Gasteiger partial charge in [-0.05, 0) is 30.3 Å². The number of anilines is 1. The van der Waals surface area contributed by atoms with E-state index in [0.29, 0.717) is 5.69 Å². The molecule has 0 radical (unpaired) electrons. The molecule has 0 atom stereocenters. The summed E-state index contributed by atoms with van der Waals surface area (Å²) in [5, 5.41) is 23.3. The molecule has 0 fully saturated rings. The Bertz CT molecular complexity index is 825. The molecule has 5 heteroatoms. The maximum atomic E-state index is 12.2. The van der Waals surface area contributed by atoms with Crippen LogP contribution in [0.3, 0.4) is 0 Å². The number of hydrogen-bond donors (Lipinski definition) is 3. The first kappa shape index (κ1) is 12.9. The van der Waals surface area contributed by atoms with E-state index in [4.69, 9.17) is 0 Å². The maximum absolute atomic E-state index is 12.2. The summed E-state index contributed by atoms with van der Waals surface area (Å²) < 4.78 is 0. The van der Waals surface area contributed by atoms with Crippen molar-refractivity contribution in [3.63, 3.8) is 0 Å². The highest BCUT2D eigenvalue weighted by Crippen LogP contribution is 2.26. The quantitative estimate of drug-likeness (QED) is 0.630. The van der Waals surface area contributed by atoms with Crippen LogP contribution in [0.4, 0.5) is 5.69 Å². The van der Waals surface area contributed by atoms with E-state index in [0.717, 1.165) is 10.8 Å². The Morgan fingerprint density at radius 3 is 2.71 bits per heavy atom. The number of nitrogens with one attached hydrogen (secondary N) is 1. The number of rotatable bonds is 2. The summed E-state index contributed by atoms with van der Waals surface area (Å²) in [6, 6.07) is 11.3. The minimum absolute atomic E-state index is 0.261. The highest BCUT2D eigenvalue weighted by molar-refractivity contribution is 6.09. The van der Waals surface area contributed by atoms with Crippen LogP contribution in [0.1, 0.15) is 10.4 Å². The molecule has 21 heavy (non-hydrogen) atoms. The van der Waals surface area contributed by atoms with Crippen molar-refractivity contribution in [1.29, 1.82) is 0 Å². The first-order valence-corrected chi connectivity index (χ1v) is 6.31. The minimum atomic E-state index is -0.366. The zero-order valence-electron chi connectivity index (χ0n) is 10.9. The van der Waals surface area contributed by atoms with E-state index in [-0.39, 0.29) is 23.0 Å². The Morgan fingerprint density at radius 1 is 1.05 bits per heavy atom. The lowest BCUT2D eigenvalue weighted by Gasteiger charge is -2.09. The fourth-order valence-corrected chi connectivity index (χ4v) is 2.09. The molecule has 0 bridgehead atoms. The lowest BCUT2D eigenvalue weighted by molar-refractivity contribution is 0.102. The van der Waals surface area contributed by atoms with Crippen molar-refractivity contribution in [3.8, 4) is 11.5 Å². The number of hydrogen-bond acceptors (Lipinski definition) is 4. The van der Waals surface area contributed by atoms with Crippen LogP contribution >= 0.6 is 0 Å². The second-order valence-corrected chi connectivity index (χ2v) is 4.56. The molecule has 104 valence electrons. The van der Waals surface area contributed by atoms with E-state index in [1.54, 1.807) is 18.5 Å². The van der Waals surface area contributed by atoms with Gasteiger partial charge in [0.25, 0.3) is 5.91 Å². The summed E-state index contributed by atoms with van der Waals surface area (Å²) in [7, 11) is 0. The molecule has 5 nitrogen and oxygen atoms in total. The van der Waals surface area contributed by atoms with Crippen LogP contribution in [0.5, 0.6) is 11.5 Å². The molecule has 0 aliphatic heterocycles. The van der Waals surface area contributed by atoms with Gasteiger partial charge in [0.05, 0.1) is 0 Å². The van der Waals surface area contributed by atoms with Gasteiger partial charge >= 0.3 is 0 Å². The van der Waals surface area contributed by atoms with Gasteiger partial charge < -0.3 is 15.5 Å². The van der Waals surface area contributed by atoms with E-state index >= 15 is 0 Å². The van der Waals surface area contributed by atoms with Crippen LogP contribution in [0.25, 0.3) is 10.8 Å². The van der Waals surface area contributed by atoms with Crippen molar-refractivity contribution in [1.82, 2.24) is 4.98 Å². The number of pyridine rings is 1. The van der Waals surface area contributed by atoms with Crippen LogP contribution in [0.15, 0.2) is 54.9 Å². The maximum Gasteiger partial charge on any atom is 0.255 e. The zero-order valence-corrected chi connectivity index (χ0v) is 10.9. The molecule has 0 aliphatic rings. The summed E-state index contributed by atoms with van der Waals surface area (Å²) in [5.41, 5.74) is 0.920. The van der Waals surface area contributed by atoms with Gasteiger partial charge in [0.1, 0.15) is 0 Å². The number of nitrogens with zero attached hydrogens (tertiary/aromatic N) is 1. The van der Waals surface area contributed by atoms with Crippen LogP contribution in [0, 0.1) is 0 Å². The second-order valence-electron chi connectivity index (χ2n) is 4.56. The SMILES string of the molecule is O=C(Nc1cccc2cnccc12)c1ccc(O)c(O)c1. The van der Waals surface area contributed by atoms with Crippen LogP contribution in [-0.4, -0.2) is 21.1 Å². The monoisotopic (exact) mass is 280 g/mol. The van der Waals surface area contributed by atoms with E-state index in [9.17, 15) is 15.0 Å². The third-order valence-corrected chi connectivity index (χ3v) is 3.17. The van der Waals surface area contributed by atoms with Gasteiger partial charge in [0.2, 0.25) is 0 Å². The fraction of sp³-hybridized carbons (Fsp3) is 0. The minimum Gasteiger partial charge on any atom is -0.504 e. The van der Waals surface area contributed by atoms with Gasteiger partial charge in [0, 0.05) is 34.4 Å². The van der Waals surface area contributed by atoms with Crippen LogP contribution < -0.4 is 5.32 Å². The Balaban J connectivity index is 1.94. The Kier molecular flexibility index (Phi) is 3.16. The lowest BCUT2D eigenvalue weighted by atomic mass is 10.1. The smallest absolute Gasteiger partial charge is 0.255 e. The predicted octanol–water partition coefficient (Wildman–Crippen LogP) is 2.90. The summed E-state index contributed by atoms with van der Waals surface area (Å²) >= 11 is 0. The highest BCUT2D eigenvalue weighted by atomic mass is 16.3. The lowest BCUT2D eigenvalue weighted by Crippen LogP contribution is -2.11. The molecule has 0 spiro atoms. The summed E-state index contributed by atoms with van der Waals surface area (Å²) in [5.74, 6) is -0.956. The number of aromatic hydroxyl groups is 2. The second kappa shape index (κ2) is 5.13. The number of benzene rings is 2. The molecular formula is C16H12N2O3. The van der Waals surface area contributed by atoms with Gasteiger partial charge in [-0.3, -0.25) is 9.78 Å². The molecule has 0 saturated heterocycles. The summed E-state index contributed by atoms with van der Waals surface area (Å²) in [4.78, 5) is 16.2. The van der Waals surface area contributed by atoms with Gasteiger partial charge in [-0.2, -0.15) is 0 Å². The van der Waals surface area contributed by atoms with Gasteiger partial charge in [-0.1, -0.05) is 12.1 Å². The molecule has 2 aromatic carbocycles. The average molecular weight is 280 g/mol. The molecule has 1 amide bonds. The number of phenolic OH excluding ortho intramolecular Hbond substituents is 2. The summed E-state index contributed by atoms with van der Waals surface area (Å²) in [6.45, 7) is 0. The number of carbonyl (C=O) groups excluding carboxylic acids is 1. The molecular weight excluding hydrogens is 268 g/mol. The fourth-order valence-electron chi connectivity index (χ4n) is 2.09. The van der Waals surface area contributed by atoms with Gasteiger partial charge in [0.15, 0.2) is 11.5 Å². The number of carbonyl (C=O) groups is 1. The molecule has 3 aromatic rings. The van der Waals surface area contributed by atoms with Gasteiger partial charge in [-0.15, -0.1) is 0 Å².